The van der Waals surface area contributed by atoms with Gasteiger partial charge < -0.3 is 24.6 Å². The van der Waals surface area contributed by atoms with Crippen molar-refractivity contribution in [1.82, 2.24) is 20.2 Å². The van der Waals surface area contributed by atoms with Crippen molar-refractivity contribution in [2.45, 2.75) is 32.1 Å². The van der Waals surface area contributed by atoms with Crippen LogP contribution in [0.3, 0.4) is 0 Å². The monoisotopic (exact) mass is 424 g/mol. The lowest BCUT2D eigenvalue weighted by atomic mass is 10.1. The van der Waals surface area contributed by atoms with Crippen LogP contribution < -0.4 is 10.2 Å². The van der Waals surface area contributed by atoms with Crippen LogP contribution in [0.15, 0.2) is 47.7 Å². The van der Waals surface area contributed by atoms with Gasteiger partial charge in [-0.15, -0.1) is 0 Å². The molecule has 2 aromatic rings. The van der Waals surface area contributed by atoms with Crippen molar-refractivity contribution in [1.29, 1.82) is 0 Å². The lowest BCUT2D eigenvalue weighted by Crippen LogP contribution is -2.52. The number of piperazine rings is 1. The van der Waals surface area contributed by atoms with Crippen LogP contribution in [0.2, 0.25) is 0 Å². The number of rotatable bonds is 6. The number of aromatic nitrogens is 2. The molecule has 2 aliphatic heterocycles. The Labute approximate surface area is 184 Å². The van der Waals surface area contributed by atoms with Crippen LogP contribution in [0.1, 0.15) is 24.0 Å². The molecule has 2 saturated heterocycles. The van der Waals surface area contributed by atoms with Gasteiger partial charge in [0, 0.05) is 65.4 Å². The van der Waals surface area contributed by atoms with E-state index in [-0.39, 0.29) is 0 Å². The van der Waals surface area contributed by atoms with Crippen LogP contribution in [0.25, 0.3) is 0 Å². The third-order valence-electron chi connectivity index (χ3n) is 5.75. The second-order valence-electron chi connectivity index (χ2n) is 7.86. The number of nitrogens with zero attached hydrogens (tertiary/aromatic N) is 5. The molecule has 4 rings (SSSR count). The van der Waals surface area contributed by atoms with Gasteiger partial charge in [-0.2, -0.15) is 0 Å². The zero-order valence-electron chi connectivity index (χ0n) is 18.2. The molecule has 0 atom stereocenters. The van der Waals surface area contributed by atoms with Gasteiger partial charge in [0.1, 0.15) is 0 Å². The smallest absolute Gasteiger partial charge is 0.225 e. The van der Waals surface area contributed by atoms with Crippen molar-refractivity contribution in [2.75, 3.05) is 51.3 Å². The van der Waals surface area contributed by atoms with E-state index in [4.69, 9.17) is 9.47 Å². The lowest BCUT2D eigenvalue weighted by molar-refractivity contribution is -0.0390. The molecule has 0 saturated carbocycles. The van der Waals surface area contributed by atoms with Crippen LogP contribution in [0.5, 0.6) is 0 Å². The molecule has 0 radical (unpaired) electrons. The molecule has 0 amide bonds. The van der Waals surface area contributed by atoms with Gasteiger partial charge >= 0.3 is 0 Å². The summed E-state index contributed by atoms with van der Waals surface area (Å²) in [6.07, 6.45) is 5.89. The first kappa shape index (κ1) is 21.5. The lowest BCUT2D eigenvalue weighted by Gasteiger charge is -2.36. The first-order chi connectivity index (χ1) is 15.3. The van der Waals surface area contributed by atoms with E-state index in [1.54, 1.807) is 12.4 Å². The minimum atomic E-state index is 0.326. The molecule has 0 spiro atoms. The van der Waals surface area contributed by atoms with E-state index in [0.29, 0.717) is 12.7 Å². The Morgan fingerprint density at radius 3 is 2.42 bits per heavy atom. The number of aliphatic imine (C=N–C) groups is 1. The highest BCUT2D eigenvalue weighted by Gasteiger charge is 2.21. The fraction of sp³-hybridized carbons (Fsp3) is 0.522. The maximum Gasteiger partial charge on any atom is 0.225 e. The third kappa shape index (κ3) is 6.15. The van der Waals surface area contributed by atoms with Gasteiger partial charge in [0.2, 0.25) is 5.95 Å². The number of nitrogens with one attached hydrogen (secondary N) is 1. The minimum absolute atomic E-state index is 0.326. The number of guanidine groups is 1. The molecule has 8 nitrogen and oxygen atoms in total. The Kier molecular flexibility index (Phi) is 7.68. The molecule has 3 heterocycles. The molecule has 2 fully saturated rings. The average molecular weight is 425 g/mol. The van der Waals surface area contributed by atoms with E-state index in [9.17, 15) is 0 Å². The molecular weight excluding hydrogens is 392 g/mol. The predicted octanol–water partition coefficient (Wildman–Crippen LogP) is 2.07. The molecule has 31 heavy (non-hydrogen) atoms. The van der Waals surface area contributed by atoms with Crippen molar-refractivity contribution in [3.8, 4) is 0 Å². The van der Waals surface area contributed by atoms with Gasteiger partial charge in [0.15, 0.2) is 5.96 Å². The van der Waals surface area contributed by atoms with E-state index in [1.165, 1.54) is 11.1 Å². The highest BCUT2D eigenvalue weighted by atomic mass is 16.5. The molecule has 1 N–H and O–H groups in total. The molecule has 2 aliphatic rings. The molecule has 1 aromatic carbocycles. The van der Waals surface area contributed by atoms with Crippen molar-refractivity contribution in [3.05, 3.63) is 53.9 Å². The Morgan fingerprint density at radius 1 is 1.06 bits per heavy atom. The van der Waals surface area contributed by atoms with Crippen LogP contribution in [0, 0.1) is 0 Å². The Bertz CT molecular complexity index is 816. The summed E-state index contributed by atoms with van der Waals surface area (Å²) < 4.78 is 11.4. The zero-order valence-corrected chi connectivity index (χ0v) is 18.2. The van der Waals surface area contributed by atoms with Crippen LogP contribution in [-0.2, 0) is 22.6 Å². The van der Waals surface area contributed by atoms with E-state index >= 15 is 0 Å². The first-order valence-electron chi connectivity index (χ1n) is 11.1. The molecule has 0 aliphatic carbocycles. The van der Waals surface area contributed by atoms with Gasteiger partial charge in [-0.05, 0) is 30.0 Å². The fourth-order valence-corrected chi connectivity index (χ4v) is 3.90. The normalized spacial score (nSPS) is 18.3. The maximum atomic E-state index is 6.01. The summed E-state index contributed by atoms with van der Waals surface area (Å²) in [4.78, 5) is 17.7. The van der Waals surface area contributed by atoms with Crippen LogP contribution in [0.4, 0.5) is 5.95 Å². The van der Waals surface area contributed by atoms with Crippen molar-refractivity contribution < 1.29 is 9.47 Å². The highest BCUT2D eigenvalue weighted by molar-refractivity contribution is 5.80. The number of anilines is 1. The summed E-state index contributed by atoms with van der Waals surface area (Å²) in [6, 6.07) is 10.5. The molecule has 166 valence electrons. The molecular formula is C23H32N6O2. The Balaban J connectivity index is 1.21. The van der Waals surface area contributed by atoms with Crippen molar-refractivity contribution in [2.24, 2.45) is 4.99 Å². The molecule has 8 heteroatoms. The Hall–Kier alpha value is -2.71. The number of hydrogen-bond donors (Lipinski definition) is 1. The predicted molar refractivity (Wildman–Crippen MR) is 121 cm³/mol. The van der Waals surface area contributed by atoms with Crippen molar-refractivity contribution in [3.63, 3.8) is 0 Å². The van der Waals surface area contributed by atoms with Crippen LogP contribution >= 0.6 is 0 Å². The summed E-state index contributed by atoms with van der Waals surface area (Å²) in [6.45, 7) is 6.57. The van der Waals surface area contributed by atoms with Crippen LogP contribution in [-0.4, -0.2) is 73.4 Å². The average Bonchev–Trinajstić information content (AvgIpc) is 2.85. The molecule has 1 aromatic heterocycles. The van der Waals surface area contributed by atoms with Gasteiger partial charge in [0.25, 0.3) is 0 Å². The largest absolute Gasteiger partial charge is 0.381 e. The van der Waals surface area contributed by atoms with E-state index in [2.05, 4.69) is 54.3 Å². The highest BCUT2D eigenvalue weighted by Crippen LogP contribution is 2.14. The number of hydrogen-bond acceptors (Lipinski definition) is 6. The standard InChI is InChI=1S/C23H32N6O2/c1-24-22(28-11-13-29(14-12-28)23-25-9-2-10-26-23)27-17-19-3-5-20(6-4-19)18-31-21-7-15-30-16-8-21/h2-6,9-10,21H,7-8,11-18H2,1H3,(H,24,27). The van der Waals surface area contributed by atoms with E-state index < -0.39 is 0 Å². The van der Waals surface area contributed by atoms with Gasteiger partial charge in [-0.1, -0.05) is 24.3 Å². The first-order valence-corrected chi connectivity index (χ1v) is 11.1. The summed E-state index contributed by atoms with van der Waals surface area (Å²) in [5.41, 5.74) is 2.44. The second-order valence-corrected chi connectivity index (χ2v) is 7.86. The maximum absolute atomic E-state index is 6.01. The Morgan fingerprint density at radius 2 is 1.74 bits per heavy atom. The van der Waals surface area contributed by atoms with Gasteiger partial charge in [-0.25, -0.2) is 9.97 Å². The fourth-order valence-electron chi connectivity index (χ4n) is 3.90. The summed E-state index contributed by atoms with van der Waals surface area (Å²) in [5, 5.41) is 3.49. The van der Waals surface area contributed by atoms with E-state index in [0.717, 1.165) is 70.7 Å². The third-order valence-corrected chi connectivity index (χ3v) is 5.75. The SMILES string of the molecule is CN=C(NCc1ccc(COC2CCOCC2)cc1)N1CCN(c2ncccn2)CC1. The number of benzene rings is 1. The summed E-state index contributed by atoms with van der Waals surface area (Å²) in [7, 11) is 1.84. The van der Waals surface area contributed by atoms with Gasteiger partial charge in [-0.3, -0.25) is 4.99 Å². The second kappa shape index (κ2) is 11.1. The number of ether oxygens (including phenoxy) is 2. The topological polar surface area (TPSA) is 75.1 Å². The van der Waals surface area contributed by atoms with Gasteiger partial charge in [0.05, 0.1) is 12.7 Å². The zero-order chi connectivity index (χ0) is 21.3. The quantitative estimate of drug-likeness (QED) is 0.562. The van der Waals surface area contributed by atoms with E-state index in [1.807, 2.05) is 13.1 Å². The molecule has 0 bridgehead atoms. The summed E-state index contributed by atoms with van der Waals surface area (Å²) in [5.74, 6) is 1.73. The molecule has 0 unspecified atom stereocenters. The van der Waals surface area contributed by atoms with Crippen molar-refractivity contribution >= 4 is 11.9 Å². The summed E-state index contributed by atoms with van der Waals surface area (Å²) >= 11 is 0. The minimum Gasteiger partial charge on any atom is -0.381 e.